The van der Waals surface area contributed by atoms with Crippen molar-refractivity contribution in [1.82, 2.24) is 5.32 Å². The Kier molecular flexibility index (Phi) is 6.11. The van der Waals surface area contributed by atoms with Crippen LogP contribution in [0.25, 0.3) is 0 Å². The predicted molar refractivity (Wildman–Crippen MR) is 68.6 cm³/mol. The number of hydrogen-bond donors (Lipinski definition) is 3. The van der Waals surface area contributed by atoms with Crippen LogP contribution in [0, 0.1) is 5.82 Å². The van der Waals surface area contributed by atoms with Gasteiger partial charge >= 0.3 is 6.18 Å². The molecule has 0 aliphatic carbocycles. The number of carbonyl (C=O) groups is 2. The molecule has 122 valence electrons. The van der Waals surface area contributed by atoms with Crippen LogP contribution in [0.2, 0.25) is 0 Å². The summed E-state index contributed by atoms with van der Waals surface area (Å²) in [6, 6.07) is 2.69. The fourth-order valence-corrected chi connectivity index (χ4v) is 1.32. The Bertz CT molecular complexity index is 549. The fraction of sp³-hybridized carbons (Fsp3) is 0.333. The molecule has 10 heteroatoms. The summed E-state index contributed by atoms with van der Waals surface area (Å²) in [5.41, 5.74) is 4.86. The Morgan fingerprint density at radius 3 is 2.50 bits per heavy atom. The summed E-state index contributed by atoms with van der Waals surface area (Å²) in [6.45, 7) is -2.39. The highest BCUT2D eigenvalue weighted by Crippen LogP contribution is 2.27. The van der Waals surface area contributed by atoms with Crippen LogP contribution in [0.5, 0.6) is 5.75 Å². The van der Waals surface area contributed by atoms with Gasteiger partial charge in [-0.1, -0.05) is 0 Å². The summed E-state index contributed by atoms with van der Waals surface area (Å²) >= 11 is 0. The van der Waals surface area contributed by atoms with Crippen LogP contribution in [0.4, 0.5) is 23.2 Å². The lowest BCUT2D eigenvalue weighted by Gasteiger charge is -2.14. The van der Waals surface area contributed by atoms with Crippen molar-refractivity contribution < 1.29 is 31.9 Å². The molecular formula is C12H13F4N3O3. The normalized spacial score (nSPS) is 11.0. The van der Waals surface area contributed by atoms with Crippen LogP contribution in [0.3, 0.4) is 0 Å². The van der Waals surface area contributed by atoms with Crippen LogP contribution in [-0.4, -0.2) is 37.7 Å². The van der Waals surface area contributed by atoms with Crippen LogP contribution < -0.4 is 21.1 Å². The molecule has 0 atom stereocenters. The maximum absolute atomic E-state index is 13.1. The van der Waals surface area contributed by atoms with E-state index >= 15 is 0 Å². The van der Waals surface area contributed by atoms with Crippen molar-refractivity contribution in [3.05, 3.63) is 24.0 Å². The summed E-state index contributed by atoms with van der Waals surface area (Å²) in [5.74, 6) is -2.62. The van der Waals surface area contributed by atoms with Crippen molar-refractivity contribution in [2.45, 2.75) is 6.18 Å². The first-order valence-electron chi connectivity index (χ1n) is 5.97. The minimum Gasteiger partial charge on any atom is -0.482 e. The molecule has 0 bridgehead atoms. The van der Waals surface area contributed by atoms with Crippen molar-refractivity contribution >= 4 is 17.5 Å². The van der Waals surface area contributed by atoms with E-state index in [4.69, 9.17) is 5.73 Å². The largest absolute Gasteiger partial charge is 0.482 e. The molecule has 0 fully saturated rings. The summed E-state index contributed by atoms with van der Waals surface area (Å²) in [4.78, 5) is 22.4. The van der Waals surface area contributed by atoms with E-state index in [1.54, 1.807) is 0 Å². The highest BCUT2D eigenvalue weighted by molar-refractivity contribution is 5.95. The number of hydrogen-bond acceptors (Lipinski definition) is 4. The van der Waals surface area contributed by atoms with Crippen LogP contribution in [0.15, 0.2) is 18.2 Å². The number of rotatable bonds is 6. The van der Waals surface area contributed by atoms with E-state index in [1.165, 1.54) is 0 Å². The van der Waals surface area contributed by atoms with E-state index in [1.807, 2.05) is 0 Å². The molecule has 1 aromatic rings. The first kappa shape index (κ1) is 17.7. The zero-order valence-electron chi connectivity index (χ0n) is 11.2. The van der Waals surface area contributed by atoms with Gasteiger partial charge < -0.3 is 21.1 Å². The minimum absolute atomic E-state index is 0.155. The van der Waals surface area contributed by atoms with Gasteiger partial charge in [0.2, 0.25) is 11.8 Å². The quantitative estimate of drug-likeness (QED) is 0.675. The lowest BCUT2D eigenvalue weighted by Crippen LogP contribution is -2.36. The molecule has 0 saturated carbocycles. The lowest BCUT2D eigenvalue weighted by atomic mass is 10.2. The average Bonchev–Trinajstić information content (AvgIpc) is 2.44. The lowest BCUT2D eigenvalue weighted by molar-refractivity contribution is -0.153. The summed E-state index contributed by atoms with van der Waals surface area (Å²) in [6.07, 6.45) is -4.61. The highest BCUT2D eigenvalue weighted by atomic mass is 19.4. The molecule has 4 N–H and O–H groups in total. The molecule has 22 heavy (non-hydrogen) atoms. The number of anilines is 1. The number of nitrogens with one attached hydrogen (secondary N) is 2. The molecule has 0 aromatic heterocycles. The van der Waals surface area contributed by atoms with Gasteiger partial charge in [0.1, 0.15) is 11.6 Å². The number of amides is 2. The standard InChI is InChI=1S/C12H13F4N3O3/c13-7-1-2-8(9(3-7)22-6-12(14,15)16)19-11(21)5-18-10(20)4-17/h1-3H,4-6,17H2,(H,18,20)(H,19,21). The molecule has 2 amide bonds. The number of nitrogens with two attached hydrogens (primary N) is 1. The molecule has 0 aliphatic heterocycles. The average molecular weight is 323 g/mol. The Morgan fingerprint density at radius 2 is 1.91 bits per heavy atom. The van der Waals surface area contributed by atoms with Crippen molar-refractivity contribution in [2.75, 3.05) is 25.0 Å². The zero-order chi connectivity index (χ0) is 16.8. The van der Waals surface area contributed by atoms with Crippen LogP contribution in [-0.2, 0) is 9.59 Å². The molecule has 0 spiro atoms. The van der Waals surface area contributed by atoms with Gasteiger partial charge in [-0.05, 0) is 12.1 Å². The summed E-state index contributed by atoms with van der Waals surface area (Å²) in [7, 11) is 0. The van der Waals surface area contributed by atoms with Gasteiger partial charge in [0.15, 0.2) is 6.61 Å². The Hall–Kier alpha value is -2.36. The molecule has 1 aromatic carbocycles. The van der Waals surface area contributed by atoms with E-state index in [9.17, 15) is 27.2 Å². The second kappa shape index (κ2) is 7.59. The number of halogens is 4. The third-order valence-corrected chi connectivity index (χ3v) is 2.24. The van der Waals surface area contributed by atoms with Gasteiger partial charge in [-0.3, -0.25) is 9.59 Å². The maximum atomic E-state index is 13.1. The predicted octanol–water partition coefficient (Wildman–Crippen LogP) is 0.780. The van der Waals surface area contributed by atoms with Crippen molar-refractivity contribution in [2.24, 2.45) is 5.73 Å². The fourth-order valence-electron chi connectivity index (χ4n) is 1.32. The molecule has 0 unspecified atom stereocenters. The molecule has 6 nitrogen and oxygen atoms in total. The van der Waals surface area contributed by atoms with Crippen molar-refractivity contribution in [3.8, 4) is 5.75 Å². The van der Waals surface area contributed by atoms with Gasteiger partial charge in [-0.25, -0.2) is 4.39 Å². The second-order valence-corrected chi connectivity index (χ2v) is 4.07. The van der Waals surface area contributed by atoms with E-state index in [2.05, 4.69) is 15.4 Å². The van der Waals surface area contributed by atoms with Gasteiger partial charge in [0.05, 0.1) is 18.8 Å². The molecule has 0 aliphatic rings. The second-order valence-electron chi connectivity index (χ2n) is 4.07. The summed E-state index contributed by atoms with van der Waals surface area (Å²) < 4.78 is 53.9. The molecule has 0 saturated heterocycles. The highest BCUT2D eigenvalue weighted by Gasteiger charge is 2.29. The number of alkyl halides is 3. The topological polar surface area (TPSA) is 93.5 Å². The third-order valence-electron chi connectivity index (χ3n) is 2.24. The number of benzene rings is 1. The van der Waals surface area contributed by atoms with Crippen molar-refractivity contribution in [3.63, 3.8) is 0 Å². The molecule has 1 rings (SSSR count). The first-order chi connectivity index (χ1) is 10.2. The van der Waals surface area contributed by atoms with E-state index in [0.717, 1.165) is 12.1 Å². The van der Waals surface area contributed by atoms with Gasteiger partial charge in [0.25, 0.3) is 0 Å². The number of carbonyl (C=O) groups excluding carboxylic acids is 2. The van der Waals surface area contributed by atoms with Crippen LogP contribution >= 0.6 is 0 Å². The zero-order valence-corrected chi connectivity index (χ0v) is 11.2. The van der Waals surface area contributed by atoms with Gasteiger partial charge in [-0.15, -0.1) is 0 Å². The SMILES string of the molecule is NCC(=O)NCC(=O)Nc1ccc(F)cc1OCC(F)(F)F. The van der Waals surface area contributed by atoms with E-state index in [-0.39, 0.29) is 12.2 Å². The molecule has 0 heterocycles. The number of ether oxygens (including phenoxy) is 1. The van der Waals surface area contributed by atoms with E-state index in [0.29, 0.717) is 6.07 Å². The first-order valence-corrected chi connectivity index (χ1v) is 5.97. The molecular weight excluding hydrogens is 310 g/mol. The van der Waals surface area contributed by atoms with Crippen molar-refractivity contribution in [1.29, 1.82) is 0 Å². The van der Waals surface area contributed by atoms with Gasteiger partial charge in [0, 0.05) is 6.07 Å². The Morgan fingerprint density at radius 1 is 1.23 bits per heavy atom. The monoisotopic (exact) mass is 323 g/mol. The minimum atomic E-state index is -4.61. The van der Waals surface area contributed by atoms with E-state index < -0.39 is 42.7 Å². The Labute approximate surface area is 122 Å². The maximum Gasteiger partial charge on any atom is 0.422 e. The summed E-state index contributed by atoms with van der Waals surface area (Å²) in [5, 5.41) is 4.37. The molecule has 0 radical (unpaired) electrons. The smallest absolute Gasteiger partial charge is 0.422 e. The Balaban J connectivity index is 2.72. The third kappa shape index (κ3) is 6.39. The van der Waals surface area contributed by atoms with Gasteiger partial charge in [-0.2, -0.15) is 13.2 Å². The van der Waals surface area contributed by atoms with Crippen LogP contribution in [0.1, 0.15) is 0 Å².